The van der Waals surface area contributed by atoms with Gasteiger partial charge in [-0.2, -0.15) is 0 Å². The highest BCUT2D eigenvalue weighted by Crippen LogP contribution is 2.10. The van der Waals surface area contributed by atoms with E-state index in [1.807, 2.05) is 0 Å². The summed E-state index contributed by atoms with van der Waals surface area (Å²) < 4.78 is 0.625. The van der Waals surface area contributed by atoms with Crippen molar-refractivity contribution in [2.75, 3.05) is 5.88 Å². The van der Waals surface area contributed by atoms with Gasteiger partial charge in [-0.05, 0) is 22.0 Å². The van der Waals surface area contributed by atoms with Crippen LogP contribution in [0.4, 0.5) is 0 Å². The second-order valence-corrected chi connectivity index (χ2v) is 3.78. The molecule has 7 heteroatoms. The number of rotatable bonds is 2. The van der Waals surface area contributed by atoms with Gasteiger partial charge in [0.05, 0.1) is 5.56 Å². The number of amides is 2. The average Bonchev–Trinajstić information content (AvgIpc) is 2.26. The van der Waals surface area contributed by atoms with Crippen LogP contribution in [0.3, 0.4) is 0 Å². The zero-order valence-corrected chi connectivity index (χ0v) is 9.83. The molecule has 0 aliphatic carbocycles. The summed E-state index contributed by atoms with van der Waals surface area (Å²) in [4.78, 5) is 26.4. The highest BCUT2D eigenvalue weighted by Gasteiger charge is 2.18. The van der Waals surface area contributed by atoms with Gasteiger partial charge >= 0.3 is 0 Å². The number of carbonyl (C=O) groups is 2. The fourth-order valence-electron chi connectivity index (χ4n) is 0.846. The lowest BCUT2D eigenvalue weighted by atomic mass is 10.2. The van der Waals surface area contributed by atoms with E-state index >= 15 is 0 Å². The summed E-state index contributed by atoms with van der Waals surface area (Å²) in [5, 5.41) is 0.469. The minimum atomic E-state index is -0.665. The van der Waals surface area contributed by atoms with Crippen molar-refractivity contribution in [2.45, 2.75) is 0 Å². The first-order valence-corrected chi connectivity index (χ1v) is 5.17. The van der Waals surface area contributed by atoms with Crippen molar-refractivity contribution in [3.63, 3.8) is 0 Å². The van der Waals surface area contributed by atoms with Gasteiger partial charge < -0.3 is 0 Å². The molecule has 0 aromatic carbocycles. The molecule has 0 spiro atoms. The number of aromatic nitrogens is 1. The number of pyridine rings is 1. The average molecular weight is 293 g/mol. The third-order valence-corrected chi connectivity index (χ3v) is 2.22. The normalized spacial score (nSPS) is 9.80. The molecule has 0 saturated heterocycles. The van der Waals surface area contributed by atoms with Crippen LogP contribution >= 0.6 is 27.5 Å². The predicted octanol–water partition coefficient (Wildman–Crippen LogP) is 0.925. The topological polar surface area (TPSA) is 76.3 Å². The van der Waals surface area contributed by atoms with E-state index in [1.165, 1.54) is 18.5 Å². The van der Waals surface area contributed by atoms with Crippen LogP contribution in [0.2, 0.25) is 0 Å². The number of imide groups is 1. The van der Waals surface area contributed by atoms with Gasteiger partial charge in [-0.3, -0.25) is 14.6 Å². The maximum atomic E-state index is 11.6. The maximum Gasteiger partial charge on any atom is 0.276 e. The highest BCUT2D eigenvalue weighted by molar-refractivity contribution is 9.10. The number of hydrogen-bond donors (Lipinski definition) is 1. The van der Waals surface area contributed by atoms with E-state index in [0.717, 1.165) is 0 Å². The Balaban J connectivity index is 2.90. The van der Waals surface area contributed by atoms with Crippen molar-refractivity contribution in [3.8, 4) is 0 Å². The van der Waals surface area contributed by atoms with Crippen LogP contribution in [0.5, 0.6) is 0 Å². The third kappa shape index (κ3) is 2.98. The van der Waals surface area contributed by atoms with E-state index in [-0.39, 0.29) is 11.4 Å². The Labute approximate surface area is 99.3 Å². The molecule has 0 fully saturated rings. The minimum Gasteiger partial charge on any atom is -0.272 e. The molecule has 0 unspecified atom stereocenters. The van der Waals surface area contributed by atoms with Gasteiger partial charge in [-0.15, -0.1) is 11.6 Å². The fourth-order valence-corrected chi connectivity index (χ4v) is 1.34. The number of carbonyl (C=O) groups excluding carboxylic acids is 2. The third-order valence-electron chi connectivity index (χ3n) is 1.55. The zero-order chi connectivity index (χ0) is 11.4. The lowest BCUT2D eigenvalue weighted by Gasteiger charge is -2.12. The molecule has 80 valence electrons. The molecule has 1 heterocycles. The van der Waals surface area contributed by atoms with E-state index in [0.29, 0.717) is 9.48 Å². The first-order valence-electron chi connectivity index (χ1n) is 3.84. The second-order valence-electron chi connectivity index (χ2n) is 2.59. The molecule has 0 aliphatic heterocycles. The van der Waals surface area contributed by atoms with Crippen LogP contribution in [-0.4, -0.2) is 27.7 Å². The summed E-state index contributed by atoms with van der Waals surface area (Å²) in [6.45, 7) is 0. The Morgan fingerprint density at radius 2 is 2.20 bits per heavy atom. The molecule has 1 aromatic rings. The lowest BCUT2D eigenvalue weighted by molar-refractivity contribution is -0.126. The van der Waals surface area contributed by atoms with Crippen LogP contribution in [0, 0.1) is 0 Å². The van der Waals surface area contributed by atoms with Gasteiger partial charge in [0.2, 0.25) is 0 Å². The van der Waals surface area contributed by atoms with Gasteiger partial charge in [-0.1, -0.05) is 0 Å². The van der Waals surface area contributed by atoms with Gasteiger partial charge in [-0.25, -0.2) is 10.9 Å². The van der Waals surface area contributed by atoms with Gasteiger partial charge in [0.1, 0.15) is 5.88 Å². The fraction of sp³-hybridized carbons (Fsp3) is 0.125. The molecule has 0 atom stereocenters. The Bertz CT molecular complexity index is 399. The number of nitrogens with zero attached hydrogens (tertiary/aromatic N) is 2. The van der Waals surface area contributed by atoms with Crippen molar-refractivity contribution in [3.05, 3.63) is 28.5 Å². The summed E-state index contributed by atoms with van der Waals surface area (Å²) in [6.07, 6.45) is 2.83. The highest BCUT2D eigenvalue weighted by atomic mass is 79.9. The minimum absolute atomic E-state index is 0.213. The van der Waals surface area contributed by atoms with Gasteiger partial charge in [0.15, 0.2) is 0 Å². The molecule has 2 amide bonds. The smallest absolute Gasteiger partial charge is 0.272 e. The van der Waals surface area contributed by atoms with E-state index in [4.69, 9.17) is 17.4 Å². The SMILES string of the molecule is NN(C(=O)CCl)C(=O)c1cncc(Br)c1. The number of halogens is 2. The van der Waals surface area contributed by atoms with Crippen LogP contribution in [0.25, 0.3) is 0 Å². The van der Waals surface area contributed by atoms with E-state index in [1.54, 1.807) is 0 Å². The molecule has 0 aliphatic rings. The Kier molecular flexibility index (Phi) is 4.19. The van der Waals surface area contributed by atoms with Gasteiger partial charge in [0, 0.05) is 16.9 Å². The summed E-state index contributed by atoms with van der Waals surface area (Å²) in [7, 11) is 0. The molecule has 2 N–H and O–H groups in total. The summed E-state index contributed by atoms with van der Waals surface area (Å²) in [6, 6.07) is 1.51. The molecular weight excluding hydrogens is 285 g/mol. The van der Waals surface area contributed by atoms with E-state index in [2.05, 4.69) is 20.9 Å². The lowest BCUT2D eigenvalue weighted by Crippen LogP contribution is -2.43. The van der Waals surface area contributed by atoms with Crippen molar-refractivity contribution < 1.29 is 9.59 Å². The summed E-state index contributed by atoms with van der Waals surface area (Å²) in [5.74, 6) is 3.61. The summed E-state index contributed by atoms with van der Waals surface area (Å²) in [5.41, 5.74) is 0.213. The molecule has 0 radical (unpaired) electrons. The first kappa shape index (κ1) is 12.1. The Morgan fingerprint density at radius 3 is 2.73 bits per heavy atom. The molecule has 15 heavy (non-hydrogen) atoms. The largest absolute Gasteiger partial charge is 0.276 e. The van der Waals surface area contributed by atoms with E-state index < -0.39 is 11.8 Å². The van der Waals surface area contributed by atoms with Crippen molar-refractivity contribution in [1.82, 2.24) is 9.99 Å². The number of nitrogens with two attached hydrogens (primary N) is 1. The van der Waals surface area contributed by atoms with Gasteiger partial charge in [0.25, 0.3) is 11.8 Å². The number of hydrazine groups is 1. The van der Waals surface area contributed by atoms with Crippen LogP contribution in [0.15, 0.2) is 22.9 Å². The quantitative estimate of drug-likeness (QED) is 0.381. The standard InChI is InChI=1S/C8H7BrClN3O2/c9-6-1-5(3-12-4-6)8(15)13(11)7(14)2-10/h1,3-4H,2,11H2. The maximum absolute atomic E-state index is 11.6. The molecule has 5 nitrogen and oxygen atoms in total. The van der Waals surface area contributed by atoms with Crippen molar-refractivity contribution >= 4 is 39.3 Å². The van der Waals surface area contributed by atoms with Crippen molar-refractivity contribution in [1.29, 1.82) is 0 Å². The molecule has 0 saturated carbocycles. The van der Waals surface area contributed by atoms with E-state index in [9.17, 15) is 9.59 Å². The molecular formula is C8H7BrClN3O2. The number of hydrogen-bond acceptors (Lipinski definition) is 4. The summed E-state index contributed by atoms with van der Waals surface area (Å²) >= 11 is 8.41. The van der Waals surface area contributed by atoms with Crippen LogP contribution in [-0.2, 0) is 4.79 Å². The van der Waals surface area contributed by atoms with Crippen LogP contribution in [0.1, 0.15) is 10.4 Å². The molecule has 0 bridgehead atoms. The number of alkyl halides is 1. The first-order chi connectivity index (χ1) is 7.06. The predicted molar refractivity (Wildman–Crippen MR) is 58.0 cm³/mol. The van der Waals surface area contributed by atoms with Crippen molar-refractivity contribution in [2.24, 2.45) is 5.84 Å². The Hall–Kier alpha value is -0.980. The Morgan fingerprint density at radius 1 is 1.53 bits per heavy atom. The monoisotopic (exact) mass is 291 g/mol. The van der Waals surface area contributed by atoms with Crippen LogP contribution < -0.4 is 5.84 Å². The molecule has 1 aromatic heterocycles. The second kappa shape index (κ2) is 5.20. The molecule has 1 rings (SSSR count). The zero-order valence-electron chi connectivity index (χ0n) is 7.48.